The minimum atomic E-state index is 0.351. The predicted molar refractivity (Wildman–Crippen MR) is 95.0 cm³/mol. The maximum atomic E-state index is 5.49. The Kier molecular flexibility index (Phi) is 3.72. The second-order valence-electron chi connectivity index (χ2n) is 6.14. The van der Waals surface area contributed by atoms with Gasteiger partial charge in [-0.2, -0.15) is 5.10 Å². The van der Waals surface area contributed by atoms with E-state index in [0.29, 0.717) is 6.04 Å². The van der Waals surface area contributed by atoms with Crippen LogP contribution in [0.4, 0.5) is 11.5 Å². The van der Waals surface area contributed by atoms with Gasteiger partial charge in [0.1, 0.15) is 11.3 Å². The molecule has 0 radical (unpaired) electrons. The van der Waals surface area contributed by atoms with Crippen molar-refractivity contribution in [3.63, 3.8) is 0 Å². The molecule has 1 atom stereocenters. The van der Waals surface area contributed by atoms with Crippen LogP contribution in [-0.2, 0) is 0 Å². The molecule has 0 bridgehead atoms. The van der Waals surface area contributed by atoms with Crippen molar-refractivity contribution in [1.29, 1.82) is 0 Å². The number of hydrogen-bond acceptors (Lipinski definition) is 5. The molecule has 1 aliphatic heterocycles. The summed E-state index contributed by atoms with van der Waals surface area (Å²) in [5.41, 5.74) is 3.16. The molecule has 1 saturated heterocycles. The predicted octanol–water partition coefficient (Wildman–Crippen LogP) is 2.74. The number of fused-ring (bicyclic) bond motifs is 1. The molecule has 0 aliphatic carbocycles. The van der Waals surface area contributed by atoms with Crippen LogP contribution in [-0.4, -0.2) is 40.8 Å². The number of rotatable bonds is 4. The number of para-hydroxylation sites is 2. The molecule has 124 valence electrons. The van der Waals surface area contributed by atoms with Crippen molar-refractivity contribution < 1.29 is 4.74 Å². The van der Waals surface area contributed by atoms with Gasteiger partial charge in [-0.05, 0) is 31.5 Å². The van der Waals surface area contributed by atoms with Gasteiger partial charge in [-0.15, -0.1) is 0 Å². The van der Waals surface area contributed by atoms with Crippen LogP contribution in [0.5, 0.6) is 5.75 Å². The first-order valence-corrected chi connectivity index (χ1v) is 8.20. The van der Waals surface area contributed by atoms with Gasteiger partial charge in [-0.1, -0.05) is 12.1 Å². The van der Waals surface area contributed by atoms with E-state index in [1.165, 1.54) is 0 Å². The van der Waals surface area contributed by atoms with Crippen molar-refractivity contribution in [2.45, 2.75) is 19.4 Å². The Morgan fingerprint density at radius 2 is 2.17 bits per heavy atom. The van der Waals surface area contributed by atoms with Crippen LogP contribution >= 0.6 is 0 Å². The number of anilines is 2. The summed E-state index contributed by atoms with van der Waals surface area (Å²) < 4.78 is 7.36. The average Bonchev–Trinajstić information content (AvgIpc) is 3.21. The smallest absolute Gasteiger partial charge is 0.152 e. The van der Waals surface area contributed by atoms with Crippen molar-refractivity contribution in [2.75, 3.05) is 30.4 Å². The molecule has 1 N–H and O–H groups in total. The van der Waals surface area contributed by atoms with Crippen molar-refractivity contribution in [1.82, 2.24) is 14.6 Å². The molecule has 2 aromatic heterocycles. The number of hydrogen-bond donors (Lipinski definition) is 1. The summed E-state index contributed by atoms with van der Waals surface area (Å²) in [6.07, 6.45) is 4.73. The number of aryl methyl sites for hydroxylation is 1. The van der Waals surface area contributed by atoms with E-state index in [1.54, 1.807) is 13.3 Å². The van der Waals surface area contributed by atoms with E-state index in [1.807, 2.05) is 29.8 Å². The number of ether oxygens (including phenoxy) is 1. The highest BCUT2D eigenvalue weighted by Crippen LogP contribution is 2.31. The summed E-state index contributed by atoms with van der Waals surface area (Å²) in [6.45, 7) is 3.92. The van der Waals surface area contributed by atoms with Crippen LogP contribution in [0.25, 0.3) is 5.52 Å². The van der Waals surface area contributed by atoms with Crippen molar-refractivity contribution >= 4 is 17.0 Å². The molecule has 0 amide bonds. The van der Waals surface area contributed by atoms with E-state index in [2.05, 4.69) is 38.5 Å². The lowest BCUT2D eigenvalue weighted by Gasteiger charge is -2.21. The average molecular weight is 323 g/mol. The Bertz CT molecular complexity index is 859. The Balaban J connectivity index is 1.53. The van der Waals surface area contributed by atoms with Gasteiger partial charge < -0.3 is 15.0 Å². The summed E-state index contributed by atoms with van der Waals surface area (Å²) in [6, 6.07) is 10.6. The third-order valence-electron chi connectivity index (χ3n) is 4.47. The maximum Gasteiger partial charge on any atom is 0.152 e. The topological polar surface area (TPSA) is 54.7 Å². The quantitative estimate of drug-likeness (QED) is 0.800. The molecule has 1 aromatic carbocycles. The summed E-state index contributed by atoms with van der Waals surface area (Å²) in [5.74, 6) is 1.81. The molecule has 4 rings (SSSR count). The molecule has 3 aromatic rings. The number of methoxy groups -OCH3 is 1. The van der Waals surface area contributed by atoms with E-state index >= 15 is 0 Å². The summed E-state index contributed by atoms with van der Waals surface area (Å²) >= 11 is 0. The van der Waals surface area contributed by atoms with E-state index in [-0.39, 0.29) is 0 Å². The zero-order valence-corrected chi connectivity index (χ0v) is 13.9. The molecule has 0 spiro atoms. The van der Waals surface area contributed by atoms with E-state index in [0.717, 1.165) is 48.0 Å². The first-order valence-electron chi connectivity index (χ1n) is 8.20. The Morgan fingerprint density at radius 1 is 1.29 bits per heavy atom. The van der Waals surface area contributed by atoms with Gasteiger partial charge in [0.05, 0.1) is 18.5 Å². The Labute approximate surface area is 141 Å². The van der Waals surface area contributed by atoms with Crippen molar-refractivity contribution in [3.05, 3.63) is 48.4 Å². The number of nitrogens with zero attached hydrogens (tertiary/aromatic N) is 4. The van der Waals surface area contributed by atoms with Gasteiger partial charge in [-0.3, -0.25) is 0 Å². The molecule has 1 aliphatic rings. The first-order chi connectivity index (χ1) is 11.7. The molecular weight excluding hydrogens is 302 g/mol. The lowest BCUT2D eigenvalue weighted by Crippen LogP contribution is -2.26. The van der Waals surface area contributed by atoms with E-state index in [9.17, 15) is 0 Å². The van der Waals surface area contributed by atoms with Crippen LogP contribution in [0.1, 0.15) is 12.1 Å². The highest BCUT2D eigenvalue weighted by Gasteiger charge is 2.25. The van der Waals surface area contributed by atoms with E-state index < -0.39 is 0 Å². The largest absolute Gasteiger partial charge is 0.495 e. The second kappa shape index (κ2) is 6.03. The third kappa shape index (κ3) is 2.64. The Hall–Kier alpha value is -2.76. The monoisotopic (exact) mass is 323 g/mol. The SMILES string of the molecule is COc1ccccc1N1CCC(Nc2nccn3nc(C)cc23)C1. The Morgan fingerprint density at radius 3 is 3.04 bits per heavy atom. The first kappa shape index (κ1) is 14.8. The minimum absolute atomic E-state index is 0.351. The van der Waals surface area contributed by atoms with Gasteiger partial charge >= 0.3 is 0 Å². The molecule has 24 heavy (non-hydrogen) atoms. The fraction of sp³-hybridized carbons (Fsp3) is 0.333. The normalized spacial score (nSPS) is 17.4. The zero-order chi connectivity index (χ0) is 16.5. The highest BCUT2D eigenvalue weighted by atomic mass is 16.5. The van der Waals surface area contributed by atoms with Crippen LogP contribution in [0.3, 0.4) is 0 Å². The van der Waals surface area contributed by atoms with Crippen LogP contribution in [0, 0.1) is 6.92 Å². The summed E-state index contributed by atoms with van der Waals surface area (Å²) in [5, 5.41) is 8.02. The fourth-order valence-corrected chi connectivity index (χ4v) is 3.34. The third-order valence-corrected chi connectivity index (χ3v) is 4.47. The van der Waals surface area contributed by atoms with Gasteiger partial charge in [-0.25, -0.2) is 9.50 Å². The van der Waals surface area contributed by atoms with E-state index in [4.69, 9.17) is 4.74 Å². The van der Waals surface area contributed by atoms with Crippen LogP contribution < -0.4 is 15.0 Å². The molecule has 0 saturated carbocycles. The van der Waals surface area contributed by atoms with Crippen LogP contribution in [0.15, 0.2) is 42.7 Å². The number of nitrogens with one attached hydrogen (secondary N) is 1. The van der Waals surface area contributed by atoms with Gasteiger partial charge in [0, 0.05) is 31.5 Å². The molecule has 1 fully saturated rings. The van der Waals surface area contributed by atoms with Gasteiger partial charge in [0.15, 0.2) is 5.82 Å². The second-order valence-corrected chi connectivity index (χ2v) is 6.14. The van der Waals surface area contributed by atoms with Crippen molar-refractivity contribution in [2.24, 2.45) is 0 Å². The van der Waals surface area contributed by atoms with Crippen molar-refractivity contribution in [3.8, 4) is 5.75 Å². The highest BCUT2D eigenvalue weighted by molar-refractivity contribution is 5.68. The lowest BCUT2D eigenvalue weighted by molar-refractivity contribution is 0.415. The fourth-order valence-electron chi connectivity index (χ4n) is 3.34. The minimum Gasteiger partial charge on any atom is -0.495 e. The zero-order valence-electron chi connectivity index (χ0n) is 13.9. The molecule has 1 unspecified atom stereocenters. The maximum absolute atomic E-state index is 5.49. The number of benzene rings is 1. The van der Waals surface area contributed by atoms with Crippen LogP contribution in [0.2, 0.25) is 0 Å². The van der Waals surface area contributed by atoms with Gasteiger partial charge in [0.2, 0.25) is 0 Å². The standard InChI is InChI=1S/C18H21N5O/c1-13-11-16-18(19-8-10-23(16)21-13)20-14-7-9-22(12-14)15-5-3-4-6-17(15)24-2/h3-6,8,10-11,14H,7,9,12H2,1-2H3,(H,19,20). The van der Waals surface area contributed by atoms with Gasteiger partial charge in [0.25, 0.3) is 0 Å². The summed E-state index contributed by atoms with van der Waals surface area (Å²) in [4.78, 5) is 6.86. The molecule has 3 heterocycles. The summed E-state index contributed by atoms with van der Waals surface area (Å²) in [7, 11) is 1.72. The molecule has 6 nitrogen and oxygen atoms in total. The molecular formula is C18H21N5O. The number of aromatic nitrogens is 3. The lowest BCUT2D eigenvalue weighted by atomic mass is 10.2. The molecule has 6 heteroatoms.